The average molecular weight is 68.9 g/mol. The van der Waals surface area contributed by atoms with Crippen molar-refractivity contribution in [2.45, 2.75) is 0 Å². The van der Waals surface area contributed by atoms with E-state index < -0.39 is 0 Å². The molecule has 0 saturated heterocycles. The summed E-state index contributed by atoms with van der Waals surface area (Å²) in [7, 11) is 1.55. The molecule has 0 amide bonds. The summed E-state index contributed by atoms with van der Waals surface area (Å²) < 4.78 is 6.61. The highest BCUT2D eigenvalue weighted by molar-refractivity contribution is 6.18. The zero-order valence-electron chi connectivity index (χ0n) is 4.06. The van der Waals surface area contributed by atoms with Crippen LogP contribution in [0.1, 0.15) is 1.37 Å². The minimum atomic E-state index is 0.296. The van der Waals surface area contributed by atoms with Gasteiger partial charge < -0.3 is 0 Å². The molecule has 0 aromatic rings. The van der Waals surface area contributed by atoms with Crippen LogP contribution in [0.5, 0.6) is 0 Å². The van der Waals surface area contributed by atoms with Crippen molar-refractivity contribution in [2.75, 3.05) is 0 Å². The first-order valence-corrected chi connectivity index (χ1v) is 1.36. The molecule has 0 aliphatic heterocycles. The second kappa shape index (κ2) is 3.47. The third-order valence-electron chi connectivity index (χ3n) is 0.235. The van der Waals surface area contributed by atoms with Crippen molar-refractivity contribution in [3.05, 3.63) is 12.0 Å². The summed E-state index contributed by atoms with van der Waals surface area (Å²) in [5.74, 6) is 0.296. The van der Waals surface area contributed by atoms with Crippen molar-refractivity contribution in [2.24, 2.45) is 0 Å². The lowest BCUT2D eigenvalue weighted by molar-refractivity contribution is -0.104. The molecule has 0 bridgehead atoms. The lowest BCUT2D eigenvalue weighted by atomic mass is 10.1. The van der Waals surface area contributed by atoms with Crippen molar-refractivity contribution in [3.8, 4) is 0 Å². The van der Waals surface area contributed by atoms with Crippen LogP contribution in [0, 0.1) is 0 Å². The topological polar surface area (TPSA) is 17.1 Å². The van der Waals surface area contributed by atoms with E-state index in [-0.39, 0.29) is 0 Å². The fourth-order valence-electron chi connectivity index (χ4n) is 0.0680. The Hall–Kier alpha value is -0.525. The molecule has 5 heavy (non-hydrogen) atoms. The summed E-state index contributed by atoms with van der Waals surface area (Å²) in [5, 5.41) is 0. The Balaban J connectivity index is 3.41. The van der Waals surface area contributed by atoms with E-state index in [2.05, 4.69) is 0 Å². The van der Waals surface area contributed by atoms with Crippen molar-refractivity contribution >= 4 is 14.1 Å². The Morgan fingerprint density at radius 2 is 2.60 bits per heavy atom. The molecular formula is C3H5BO. The molecule has 0 spiro atoms. The van der Waals surface area contributed by atoms with Crippen molar-refractivity contribution < 1.29 is 6.17 Å². The van der Waals surface area contributed by atoms with Gasteiger partial charge in [0.25, 0.3) is 0 Å². The Morgan fingerprint density at radius 1 is 2.00 bits per heavy atom. The fourth-order valence-corrected chi connectivity index (χ4v) is 0.0680. The van der Waals surface area contributed by atoms with Crippen LogP contribution in [-0.4, -0.2) is 14.1 Å². The second-order valence-electron chi connectivity index (χ2n) is 0.591. The van der Waals surface area contributed by atoms with Gasteiger partial charge in [-0.15, -0.1) is 5.95 Å². The molecule has 0 N–H and O–H groups in total. The lowest BCUT2D eigenvalue weighted by Crippen LogP contribution is -1.54. The third kappa shape index (κ3) is 3.47. The first kappa shape index (κ1) is 2.70. The third-order valence-corrected chi connectivity index (χ3v) is 0.235. The molecule has 0 aliphatic rings. The summed E-state index contributed by atoms with van der Waals surface area (Å²) in [5.41, 5.74) is 0. The maximum absolute atomic E-state index is 9.42. The van der Waals surface area contributed by atoms with Gasteiger partial charge in [-0.2, -0.15) is 0 Å². The van der Waals surface area contributed by atoms with Crippen LogP contribution < -0.4 is 0 Å². The standard InChI is InChI=1S/C3H5BO/c4-2-1-3-5/h1-3H,4H2/b2-1+/i2D. The number of hydrogen-bond donors (Lipinski definition) is 0. The van der Waals surface area contributed by atoms with E-state index in [1.165, 1.54) is 6.08 Å². The van der Waals surface area contributed by atoms with Crippen LogP contribution in [-0.2, 0) is 4.79 Å². The molecule has 0 fully saturated rings. The Kier molecular flexibility index (Phi) is 1.88. The smallest absolute Gasteiger partial charge is 0.141 e. The molecule has 0 radical (unpaired) electrons. The Morgan fingerprint density at radius 3 is 2.60 bits per heavy atom. The lowest BCUT2D eigenvalue weighted by Gasteiger charge is -1.50. The molecule has 0 atom stereocenters. The summed E-state index contributed by atoms with van der Waals surface area (Å²) in [6, 6.07) is 0. The normalized spacial score (nSPS) is 13.6. The number of hydrogen-bond acceptors (Lipinski definition) is 1. The van der Waals surface area contributed by atoms with Gasteiger partial charge in [0.1, 0.15) is 14.1 Å². The molecule has 0 rings (SSSR count). The quantitative estimate of drug-likeness (QED) is 0.227. The van der Waals surface area contributed by atoms with Crippen LogP contribution in [0.25, 0.3) is 0 Å². The van der Waals surface area contributed by atoms with E-state index in [0.29, 0.717) is 12.2 Å². The van der Waals surface area contributed by atoms with E-state index in [0.717, 1.165) is 0 Å². The molecular weight excluding hydrogens is 62.8 g/mol. The molecule has 1 nitrogen and oxygen atoms in total. The maximum Gasteiger partial charge on any atom is 0.141 e. The van der Waals surface area contributed by atoms with Gasteiger partial charge in [0.2, 0.25) is 0 Å². The first-order valence-electron chi connectivity index (χ1n) is 1.86. The van der Waals surface area contributed by atoms with Crippen LogP contribution in [0.4, 0.5) is 0 Å². The predicted octanol–water partition coefficient (Wildman–Crippen LogP) is -0.668. The number of aldehydes is 1. The molecule has 0 heterocycles. The van der Waals surface area contributed by atoms with E-state index in [1.807, 2.05) is 0 Å². The molecule has 26 valence electrons. The maximum atomic E-state index is 9.42. The van der Waals surface area contributed by atoms with Crippen LogP contribution in [0.15, 0.2) is 12.0 Å². The van der Waals surface area contributed by atoms with Gasteiger partial charge in [-0.1, -0.05) is 0 Å². The summed E-state index contributed by atoms with van der Waals surface area (Å²) >= 11 is 0. The van der Waals surface area contributed by atoms with Crippen LogP contribution in [0.2, 0.25) is 0 Å². The SMILES string of the molecule is [2H]/C(B)=C\C=O. The average Bonchev–Trinajstić information content (AvgIpc) is 1.35. The van der Waals surface area contributed by atoms with Gasteiger partial charge in [-0.05, 0) is 6.08 Å². The predicted molar refractivity (Wildman–Crippen MR) is 23.7 cm³/mol. The summed E-state index contributed by atoms with van der Waals surface area (Å²) in [4.78, 5) is 9.42. The van der Waals surface area contributed by atoms with E-state index in [9.17, 15) is 4.79 Å². The zero-order chi connectivity index (χ0) is 4.99. The zero-order valence-corrected chi connectivity index (χ0v) is 3.06. The summed E-state index contributed by atoms with van der Waals surface area (Å²) in [6.45, 7) is 0. The molecule has 0 saturated carbocycles. The highest BCUT2D eigenvalue weighted by Gasteiger charge is 1.49. The first-order chi connectivity index (χ1) is 2.77. The fraction of sp³-hybridized carbons (Fsp3) is 0. The Bertz CT molecular complexity index is 74.9. The molecule has 0 unspecified atom stereocenters. The highest BCUT2D eigenvalue weighted by atomic mass is 16.1. The number of carbonyl (C=O) groups is 1. The number of carbonyl (C=O) groups excluding carboxylic acids is 1. The van der Waals surface area contributed by atoms with Crippen molar-refractivity contribution in [1.29, 1.82) is 0 Å². The van der Waals surface area contributed by atoms with Crippen molar-refractivity contribution in [3.63, 3.8) is 0 Å². The highest BCUT2D eigenvalue weighted by Crippen LogP contribution is 1.48. The van der Waals surface area contributed by atoms with Gasteiger partial charge in [0.05, 0.1) is 0 Å². The molecule has 0 aromatic heterocycles. The van der Waals surface area contributed by atoms with Gasteiger partial charge >= 0.3 is 0 Å². The van der Waals surface area contributed by atoms with E-state index >= 15 is 0 Å². The number of allylic oxidation sites excluding steroid dienone is 1. The minimum Gasteiger partial charge on any atom is -0.299 e. The van der Waals surface area contributed by atoms with Gasteiger partial charge in [0, 0.05) is 1.37 Å². The van der Waals surface area contributed by atoms with Crippen molar-refractivity contribution in [1.82, 2.24) is 0 Å². The van der Waals surface area contributed by atoms with Gasteiger partial charge in [-0.3, -0.25) is 4.79 Å². The molecule has 0 aliphatic carbocycles. The summed E-state index contributed by atoms with van der Waals surface area (Å²) in [6.07, 6.45) is 1.79. The minimum absolute atomic E-state index is 0.296. The largest absolute Gasteiger partial charge is 0.299 e. The van der Waals surface area contributed by atoms with Crippen LogP contribution >= 0.6 is 0 Å². The van der Waals surface area contributed by atoms with E-state index in [1.54, 1.807) is 7.85 Å². The monoisotopic (exact) mass is 69.0 g/mol. The second-order valence-corrected chi connectivity index (χ2v) is 0.591. The molecule has 2 heteroatoms. The molecule has 0 aromatic carbocycles. The number of rotatable bonds is 1. The van der Waals surface area contributed by atoms with E-state index in [4.69, 9.17) is 1.37 Å². The van der Waals surface area contributed by atoms with Gasteiger partial charge in [0.15, 0.2) is 0 Å². The van der Waals surface area contributed by atoms with Crippen LogP contribution in [0.3, 0.4) is 0 Å². The van der Waals surface area contributed by atoms with Gasteiger partial charge in [-0.25, -0.2) is 0 Å². The Labute approximate surface area is 33.5 Å².